The number of hydrogen-bond donors (Lipinski definition) is 0. The molecule has 1 rings (SSSR count). The Morgan fingerprint density at radius 1 is 1.19 bits per heavy atom. The Bertz CT molecular complexity index is 516. The molecule has 0 unspecified atom stereocenters. The van der Waals surface area contributed by atoms with Gasteiger partial charge < -0.3 is 9.47 Å². The van der Waals surface area contributed by atoms with Gasteiger partial charge in [-0.3, -0.25) is 4.79 Å². The van der Waals surface area contributed by atoms with E-state index in [9.17, 15) is 4.79 Å². The highest BCUT2D eigenvalue weighted by molar-refractivity contribution is 5.78. The van der Waals surface area contributed by atoms with E-state index in [-0.39, 0.29) is 11.4 Å². The maximum Gasteiger partial charge on any atom is 0.316 e. The van der Waals surface area contributed by atoms with Crippen LogP contribution in [-0.4, -0.2) is 12.6 Å². The molecule has 0 spiro atoms. The summed E-state index contributed by atoms with van der Waals surface area (Å²) in [5.74, 6) is 1.09. The highest BCUT2D eigenvalue weighted by Gasteiger charge is 2.27. The first-order valence-corrected chi connectivity index (χ1v) is 7.16. The van der Waals surface area contributed by atoms with E-state index < -0.39 is 5.41 Å². The monoisotopic (exact) mass is 290 g/mol. The Labute approximate surface area is 128 Å². The predicted octanol–water partition coefficient (Wildman–Crippen LogP) is 4.50. The van der Waals surface area contributed by atoms with Crippen molar-refractivity contribution in [3.63, 3.8) is 0 Å². The topological polar surface area (TPSA) is 35.5 Å². The average Bonchev–Trinajstić information content (AvgIpc) is 2.35. The molecule has 0 bridgehead atoms. The van der Waals surface area contributed by atoms with Crippen LogP contribution in [0.15, 0.2) is 30.9 Å². The molecule has 116 valence electrons. The molecule has 0 radical (unpaired) electrons. The van der Waals surface area contributed by atoms with Crippen LogP contribution in [0.5, 0.6) is 11.5 Å². The molecular weight excluding hydrogens is 264 g/mol. The zero-order valence-electron chi connectivity index (χ0n) is 13.9. The van der Waals surface area contributed by atoms with Gasteiger partial charge in [-0.15, -0.1) is 0 Å². The molecule has 21 heavy (non-hydrogen) atoms. The number of benzene rings is 1. The second kappa shape index (κ2) is 6.33. The molecule has 0 aliphatic rings. The van der Waals surface area contributed by atoms with Crippen LogP contribution in [0.1, 0.15) is 47.1 Å². The number of hydrogen-bond acceptors (Lipinski definition) is 3. The highest BCUT2D eigenvalue weighted by Crippen LogP contribution is 2.35. The maximum absolute atomic E-state index is 12.1. The molecule has 1 aromatic carbocycles. The summed E-state index contributed by atoms with van der Waals surface area (Å²) < 4.78 is 11.1. The fraction of sp³-hybridized carbons (Fsp3) is 0.500. The largest absolute Gasteiger partial charge is 0.490 e. The van der Waals surface area contributed by atoms with Crippen LogP contribution in [0.2, 0.25) is 0 Å². The van der Waals surface area contributed by atoms with Crippen LogP contribution in [0.25, 0.3) is 0 Å². The van der Waals surface area contributed by atoms with Crippen LogP contribution in [0.3, 0.4) is 0 Å². The summed E-state index contributed by atoms with van der Waals surface area (Å²) in [5.41, 5.74) is 0.260. The molecule has 0 aliphatic carbocycles. The van der Waals surface area contributed by atoms with Gasteiger partial charge in [0.2, 0.25) is 0 Å². The molecule has 0 atom stereocenters. The normalized spacial score (nSPS) is 11.9. The van der Waals surface area contributed by atoms with Gasteiger partial charge in [-0.05, 0) is 44.4 Å². The Balaban J connectivity index is 3.14. The van der Waals surface area contributed by atoms with Gasteiger partial charge >= 0.3 is 5.97 Å². The van der Waals surface area contributed by atoms with Crippen molar-refractivity contribution in [1.82, 2.24) is 0 Å². The van der Waals surface area contributed by atoms with E-state index in [1.807, 2.05) is 32.9 Å². The van der Waals surface area contributed by atoms with Gasteiger partial charge in [0.1, 0.15) is 18.1 Å². The summed E-state index contributed by atoms with van der Waals surface area (Å²) in [4.78, 5) is 12.1. The number of esters is 1. The first kappa shape index (κ1) is 17.3. The Morgan fingerprint density at radius 3 is 2.29 bits per heavy atom. The molecular formula is C18H26O3. The van der Waals surface area contributed by atoms with Crippen molar-refractivity contribution in [2.24, 2.45) is 5.41 Å². The summed E-state index contributed by atoms with van der Waals surface area (Å²) in [5, 5.41) is 0. The molecule has 0 aromatic heterocycles. The quantitative estimate of drug-likeness (QED) is 0.465. The molecule has 1 aromatic rings. The van der Waals surface area contributed by atoms with E-state index in [1.54, 1.807) is 12.1 Å². The molecule has 3 nitrogen and oxygen atoms in total. The van der Waals surface area contributed by atoms with E-state index in [0.717, 1.165) is 11.3 Å². The van der Waals surface area contributed by atoms with Gasteiger partial charge in [-0.1, -0.05) is 33.4 Å². The summed E-state index contributed by atoms with van der Waals surface area (Å²) >= 11 is 0. The fourth-order valence-electron chi connectivity index (χ4n) is 1.68. The van der Waals surface area contributed by atoms with Crippen molar-refractivity contribution >= 4 is 5.97 Å². The lowest BCUT2D eigenvalue weighted by Crippen LogP contribution is -2.27. The van der Waals surface area contributed by atoms with Crippen molar-refractivity contribution in [2.75, 3.05) is 6.61 Å². The lowest BCUT2D eigenvalue weighted by molar-refractivity contribution is -0.143. The number of ether oxygens (including phenoxy) is 2. The Hall–Kier alpha value is -1.77. The third kappa shape index (κ3) is 4.92. The molecule has 0 amide bonds. The fourth-order valence-corrected chi connectivity index (χ4v) is 1.68. The molecule has 0 N–H and O–H groups in total. The number of carbonyl (C=O) groups excluding carboxylic acids is 1. The minimum atomic E-state index is -0.535. The second-order valence-corrected chi connectivity index (χ2v) is 7.15. The van der Waals surface area contributed by atoms with Gasteiger partial charge in [0, 0.05) is 5.56 Å². The number of carbonyl (C=O) groups is 1. The van der Waals surface area contributed by atoms with E-state index in [1.165, 1.54) is 0 Å². The molecule has 0 fully saturated rings. The zero-order chi connectivity index (χ0) is 16.3. The third-order valence-electron chi connectivity index (χ3n) is 2.94. The first-order chi connectivity index (χ1) is 9.55. The van der Waals surface area contributed by atoms with Gasteiger partial charge in [-0.2, -0.15) is 0 Å². The van der Waals surface area contributed by atoms with E-state index in [4.69, 9.17) is 9.47 Å². The summed E-state index contributed by atoms with van der Waals surface area (Å²) in [6.45, 7) is 15.8. The van der Waals surface area contributed by atoms with E-state index in [0.29, 0.717) is 12.4 Å². The van der Waals surface area contributed by atoms with Crippen LogP contribution < -0.4 is 9.47 Å². The summed E-state index contributed by atoms with van der Waals surface area (Å²) in [7, 11) is 0. The van der Waals surface area contributed by atoms with Crippen molar-refractivity contribution in [1.29, 1.82) is 0 Å². The molecule has 0 aliphatic heterocycles. The first-order valence-electron chi connectivity index (χ1n) is 7.16. The smallest absolute Gasteiger partial charge is 0.316 e. The number of rotatable bonds is 4. The van der Waals surface area contributed by atoms with Gasteiger partial charge in [0.05, 0.1) is 5.41 Å². The minimum absolute atomic E-state index is 0.152. The van der Waals surface area contributed by atoms with Gasteiger partial charge in [-0.25, -0.2) is 0 Å². The molecule has 0 saturated heterocycles. The van der Waals surface area contributed by atoms with Gasteiger partial charge in [0.15, 0.2) is 0 Å². The Morgan fingerprint density at radius 2 is 1.81 bits per heavy atom. The van der Waals surface area contributed by atoms with Crippen molar-refractivity contribution in [3.05, 3.63) is 36.4 Å². The van der Waals surface area contributed by atoms with Crippen LogP contribution in [0.4, 0.5) is 0 Å². The summed E-state index contributed by atoms with van der Waals surface area (Å²) in [6.07, 6.45) is 1.70. The second-order valence-electron chi connectivity index (χ2n) is 7.15. The SMILES string of the molecule is C=CCOc1ccc(OC(=O)C(C)(C)C)c(C(C)(C)C)c1. The van der Waals surface area contributed by atoms with Crippen molar-refractivity contribution in [3.8, 4) is 11.5 Å². The lowest BCUT2D eigenvalue weighted by atomic mass is 9.86. The predicted molar refractivity (Wildman–Crippen MR) is 85.9 cm³/mol. The summed E-state index contributed by atoms with van der Waals surface area (Å²) in [6, 6.07) is 5.53. The van der Waals surface area contributed by atoms with E-state index >= 15 is 0 Å². The average molecular weight is 290 g/mol. The standard InChI is InChI=1S/C18H26O3/c1-8-11-20-13-9-10-15(14(12-13)17(2,3)4)21-16(19)18(5,6)7/h8-10,12H,1,11H2,2-7H3. The molecule has 3 heteroatoms. The lowest BCUT2D eigenvalue weighted by Gasteiger charge is -2.25. The zero-order valence-corrected chi connectivity index (χ0v) is 13.9. The maximum atomic E-state index is 12.1. The molecule has 0 heterocycles. The van der Waals surface area contributed by atoms with Crippen LogP contribution in [-0.2, 0) is 10.2 Å². The highest BCUT2D eigenvalue weighted by atomic mass is 16.5. The van der Waals surface area contributed by atoms with Crippen LogP contribution >= 0.6 is 0 Å². The van der Waals surface area contributed by atoms with Crippen LogP contribution in [0, 0.1) is 5.41 Å². The third-order valence-corrected chi connectivity index (χ3v) is 2.94. The van der Waals surface area contributed by atoms with Crippen molar-refractivity contribution in [2.45, 2.75) is 47.0 Å². The van der Waals surface area contributed by atoms with Gasteiger partial charge in [0.25, 0.3) is 0 Å². The van der Waals surface area contributed by atoms with Crippen molar-refractivity contribution < 1.29 is 14.3 Å². The minimum Gasteiger partial charge on any atom is -0.490 e. The Kier molecular flexibility index (Phi) is 5.21. The van der Waals surface area contributed by atoms with E-state index in [2.05, 4.69) is 27.4 Å². The molecule has 0 saturated carbocycles.